The second-order valence-electron chi connectivity index (χ2n) is 5.80. The molecule has 0 spiro atoms. The third-order valence-electron chi connectivity index (χ3n) is 4.10. The predicted octanol–water partition coefficient (Wildman–Crippen LogP) is 6.15. The molecule has 0 radical (unpaired) electrons. The van der Waals surface area contributed by atoms with Crippen LogP contribution in [0, 0.1) is 0 Å². The number of carbonyl (C=O) groups excluding carboxylic acids is 1. The number of benzene rings is 2. The number of halogens is 1. The van der Waals surface area contributed by atoms with Gasteiger partial charge in [-0.3, -0.25) is 4.79 Å². The summed E-state index contributed by atoms with van der Waals surface area (Å²) in [4.78, 5) is 22.0. The fraction of sp³-hybridized carbons (Fsp3) is 0.190. The molecular formula is C21H21BrN4OS. The van der Waals surface area contributed by atoms with Gasteiger partial charge in [0.1, 0.15) is 6.04 Å². The van der Waals surface area contributed by atoms with Gasteiger partial charge >= 0.3 is 0 Å². The lowest BCUT2D eigenvalue weighted by Crippen LogP contribution is -2.24. The summed E-state index contributed by atoms with van der Waals surface area (Å²) in [5.41, 5.74) is 2.52. The van der Waals surface area contributed by atoms with Crippen LogP contribution in [0.15, 0.2) is 64.6 Å². The Morgan fingerprint density at radius 2 is 1.86 bits per heavy atom. The van der Waals surface area contributed by atoms with Gasteiger partial charge in [-0.05, 0) is 43.3 Å². The van der Waals surface area contributed by atoms with Crippen molar-refractivity contribution in [2.75, 3.05) is 5.32 Å². The highest BCUT2D eigenvalue weighted by Gasteiger charge is 2.23. The summed E-state index contributed by atoms with van der Waals surface area (Å²) in [6.07, 6.45) is 1.75. The highest BCUT2D eigenvalue weighted by atomic mass is 79.9. The maximum absolute atomic E-state index is 12.9. The minimum atomic E-state index is -0.440. The zero-order chi connectivity index (χ0) is 20.1. The second-order valence-corrected chi connectivity index (χ2v) is 7.61. The molecule has 1 amide bonds. The van der Waals surface area contributed by atoms with Gasteiger partial charge in [0.2, 0.25) is 5.91 Å². The fourth-order valence-corrected chi connectivity index (χ4v) is 3.70. The van der Waals surface area contributed by atoms with Crippen LogP contribution in [0.3, 0.4) is 0 Å². The maximum atomic E-state index is 12.9. The number of amides is 1. The minimum absolute atomic E-state index is 0.103. The van der Waals surface area contributed by atoms with Crippen LogP contribution in [0.4, 0.5) is 5.69 Å². The van der Waals surface area contributed by atoms with E-state index in [1.807, 2.05) is 79.2 Å². The first-order valence-electron chi connectivity index (χ1n) is 9.07. The van der Waals surface area contributed by atoms with Crippen LogP contribution in [0.2, 0.25) is 0 Å². The molecule has 144 valence electrons. The molecule has 7 heteroatoms. The van der Waals surface area contributed by atoms with Gasteiger partial charge in [-0.1, -0.05) is 41.9 Å². The van der Waals surface area contributed by atoms with E-state index in [4.69, 9.17) is 4.98 Å². The molecule has 0 aliphatic heterocycles. The number of thiazole rings is 1. The number of anilines is 1. The molecule has 2 heterocycles. The normalized spacial score (nSPS) is 11.6. The first kappa shape index (κ1) is 20.2. The molecule has 0 saturated carbocycles. The van der Waals surface area contributed by atoms with Crippen LogP contribution < -0.4 is 5.32 Å². The molecule has 4 aromatic rings. The zero-order valence-electron chi connectivity index (χ0n) is 15.9. The average molecular weight is 457 g/mol. The van der Waals surface area contributed by atoms with Crippen LogP contribution >= 0.6 is 27.3 Å². The summed E-state index contributed by atoms with van der Waals surface area (Å²) in [7, 11) is 0. The number of hydrogen-bond donors (Lipinski definition) is 1. The molecule has 2 aromatic heterocycles. The highest BCUT2D eigenvalue weighted by Crippen LogP contribution is 2.30. The van der Waals surface area contributed by atoms with Crippen molar-refractivity contribution in [2.24, 2.45) is 0 Å². The minimum Gasteiger partial charge on any atom is -0.324 e. The number of fused-ring (bicyclic) bond motifs is 1. The number of carbonyl (C=O) groups is 1. The average Bonchev–Trinajstić information content (AvgIpc) is 3.38. The summed E-state index contributed by atoms with van der Waals surface area (Å²) < 4.78 is 2.91. The van der Waals surface area contributed by atoms with E-state index in [2.05, 4.69) is 26.2 Å². The van der Waals surface area contributed by atoms with E-state index in [-0.39, 0.29) is 5.91 Å². The number of nitrogens with one attached hydrogen (secondary N) is 1. The molecule has 0 bridgehead atoms. The van der Waals surface area contributed by atoms with E-state index in [1.165, 1.54) is 11.3 Å². The zero-order valence-corrected chi connectivity index (χ0v) is 18.3. The fourth-order valence-electron chi connectivity index (χ4n) is 2.82. The van der Waals surface area contributed by atoms with Crippen LogP contribution in [-0.2, 0) is 4.79 Å². The Labute approximate surface area is 176 Å². The number of hydrogen-bond acceptors (Lipinski definition) is 4. The smallest absolute Gasteiger partial charge is 0.247 e. The molecule has 2 aromatic carbocycles. The molecule has 0 aliphatic carbocycles. The summed E-state index contributed by atoms with van der Waals surface area (Å²) >= 11 is 4.91. The van der Waals surface area contributed by atoms with Crippen molar-refractivity contribution in [3.05, 3.63) is 64.6 Å². The largest absolute Gasteiger partial charge is 0.324 e. The molecule has 0 fully saturated rings. The van der Waals surface area contributed by atoms with Crippen LogP contribution in [0.5, 0.6) is 0 Å². The third-order valence-corrected chi connectivity index (χ3v) is 5.40. The van der Waals surface area contributed by atoms with Gasteiger partial charge in [0.25, 0.3) is 0 Å². The highest BCUT2D eigenvalue weighted by molar-refractivity contribution is 9.10. The van der Waals surface area contributed by atoms with E-state index < -0.39 is 6.04 Å². The standard InChI is InChI=1S/C19H15BrN4OS.C2H6/c1-12(18(25)22-14-8-6-13(20)7-9-14)24-16-5-3-2-4-15(16)23-17(24)19-21-10-11-26-19;1-2/h2-12H,1H3,(H,22,25);1-2H3. The lowest BCUT2D eigenvalue weighted by atomic mass is 10.2. The number of aromatic nitrogens is 3. The van der Waals surface area contributed by atoms with Gasteiger partial charge in [0.05, 0.1) is 11.0 Å². The van der Waals surface area contributed by atoms with Crippen molar-refractivity contribution < 1.29 is 4.79 Å². The van der Waals surface area contributed by atoms with Gasteiger partial charge < -0.3 is 9.88 Å². The van der Waals surface area contributed by atoms with E-state index in [1.54, 1.807) is 6.20 Å². The van der Waals surface area contributed by atoms with E-state index in [9.17, 15) is 4.79 Å². The van der Waals surface area contributed by atoms with Gasteiger partial charge in [-0.2, -0.15) is 0 Å². The Morgan fingerprint density at radius 3 is 2.54 bits per heavy atom. The van der Waals surface area contributed by atoms with Gasteiger partial charge in [-0.25, -0.2) is 9.97 Å². The Bertz CT molecular complexity index is 1060. The van der Waals surface area contributed by atoms with Crippen molar-refractivity contribution in [3.63, 3.8) is 0 Å². The monoisotopic (exact) mass is 456 g/mol. The molecular weight excluding hydrogens is 436 g/mol. The van der Waals surface area contributed by atoms with Crippen molar-refractivity contribution in [3.8, 4) is 10.8 Å². The van der Waals surface area contributed by atoms with Crippen molar-refractivity contribution >= 4 is 49.9 Å². The first-order valence-corrected chi connectivity index (χ1v) is 10.7. The van der Waals surface area contributed by atoms with E-state index in [0.29, 0.717) is 5.82 Å². The van der Waals surface area contributed by atoms with Crippen LogP contribution in [0.1, 0.15) is 26.8 Å². The molecule has 5 nitrogen and oxygen atoms in total. The second kappa shape index (κ2) is 9.12. The van der Waals surface area contributed by atoms with Gasteiger partial charge in [0.15, 0.2) is 10.8 Å². The van der Waals surface area contributed by atoms with E-state index >= 15 is 0 Å². The van der Waals surface area contributed by atoms with Crippen molar-refractivity contribution in [1.82, 2.24) is 14.5 Å². The molecule has 0 aliphatic rings. The number of nitrogens with zero attached hydrogens (tertiary/aromatic N) is 3. The lowest BCUT2D eigenvalue weighted by Gasteiger charge is -2.17. The summed E-state index contributed by atoms with van der Waals surface area (Å²) in [6.45, 7) is 5.87. The predicted molar refractivity (Wildman–Crippen MR) is 120 cm³/mol. The Balaban J connectivity index is 0.00000109. The van der Waals surface area contributed by atoms with Gasteiger partial charge in [-0.15, -0.1) is 11.3 Å². The summed E-state index contributed by atoms with van der Waals surface area (Å²) in [5.74, 6) is 0.605. The molecule has 0 saturated heterocycles. The molecule has 1 atom stereocenters. The first-order chi connectivity index (χ1) is 13.6. The van der Waals surface area contributed by atoms with Gasteiger partial charge in [0, 0.05) is 21.7 Å². The number of para-hydroxylation sites is 2. The quantitative estimate of drug-likeness (QED) is 0.400. The summed E-state index contributed by atoms with van der Waals surface area (Å²) in [5, 5.41) is 5.67. The lowest BCUT2D eigenvalue weighted by molar-refractivity contribution is -0.118. The van der Waals surface area contributed by atoms with Crippen LogP contribution in [0.25, 0.3) is 21.9 Å². The van der Waals surface area contributed by atoms with E-state index in [0.717, 1.165) is 26.2 Å². The molecule has 1 N–H and O–H groups in total. The van der Waals surface area contributed by atoms with Crippen molar-refractivity contribution in [1.29, 1.82) is 0 Å². The Hall–Kier alpha value is -2.51. The van der Waals surface area contributed by atoms with Crippen molar-refractivity contribution in [2.45, 2.75) is 26.8 Å². The Morgan fingerprint density at radius 1 is 1.14 bits per heavy atom. The number of rotatable bonds is 4. The SMILES string of the molecule is CC.CC(C(=O)Nc1ccc(Br)cc1)n1c(-c2nccs2)nc2ccccc21. The molecule has 4 rings (SSSR count). The third kappa shape index (κ3) is 4.15. The number of imidazole rings is 1. The summed E-state index contributed by atoms with van der Waals surface area (Å²) in [6, 6.07) is 14.9. The maximum Gasteiger partial charge on any atom is 0.247 e. The topological polar surface area (TPSA) is 59.8 Å². The Kier molecular flexibility index (Phi) is 6.59. The van der Waals surface area contributed by atoms with Crippen LogP contribution in [-0.4, -0.2) is 20.4 Å². The molecule has 1 unspecified atom stereocenters. The molecule has 28 heavy (non-hydrogen) atoms.